The third kappa shape index (κ3) is 3.93. The molecule has 0 saturated heterocycles. The van der Waals surface area contributed by atoms with E-state index in [2.05, 4.69) is 0 Å². The van der Waals surface area contributed by atoms with Gasteiger partial charge in [0, 0.05) is 10.6 Å². The summed E-state index contributed by atoms with van der Waals surface area (Å²) in [6.07, 6.45) is 0. The highest BCUT2D eigenvalue weighted by Gasteiger charge is 2.25. The van der Waals surface area contributed by atoms with Crippen LogP contribution in [-0.2, 0) is 6.54 Å². The maximum atomic E-state index is 13.2. The molecule has 0 aliphatic rings. The highest BCUT2D eigenvalue weighted by molar-refractivity contribution is 6.31. The lowest BCUT2D eigenvalue weighted by Gasteiger charge is -2.16. The minimum atomic E-state index is -0.688. The van der Waals surface area contributed by atoms with Crippen molar-refractivity contribution in [2.45, 2.75) is 20.4 Å². The second-order valence-electron chi connectivity index (χ2n) is 6.58. The number of nitriles is 1. The molecule has 0 unspecified atom stereocenters. The molecule has 1 N–H and O–H groups in total. The van der Waals surface area contributed by atoms with Gasteiger partial charge in [0.05, 0.1) is 18.7 Å². The van der Waals surface area contributed by atoms with Gasteiger partial charge in [-0.15, -0.1) is 0 Å². The summed E-state index contributed by atoms with van der Waals surface area (Å²) >= 11 is 6.19. The number of ketones is 1. The third-order valence-corrected chi connectivity index (χ3v) is 5.09. The largest absolute Gasteiger partial charge is 0.494 e. The van der Waals surface area contributed by atoms with Crippen LogP contribution in [0.15, 0.2) is 53.3 Å². The predicted molar refractivity (Wildman–Crippen MR) is 113 cm³/mol. The van der Waals surface area contributed by atoms with Gasteiger partial charge in [0.15, 0.2) is 5.78 Å². The third-order valence-electron chi connectivity index (χ3n) is 4.72. The average Bonchev–Trinajstić information content (AvgIpc) is 2.73. The van der Waals surface area contributed by atoms with Gasteiger partial charge in [0.2, 0.25) is 5.88 Å². The van der Waals surface area contributed by atoms with E-state index in [-0.39, 0.29) is 28.8 Å². The van der Waals surface area contributed by atoms with E-state index in [4.69, 9.17) is 16.3 Å². The Labute approximate surface area is 178 Å². The Balaban J connectivity index is 2.19. The summed E-state index contributed by atoms with van der Waals surface area (Å²) in [6, 6.07) is 15.2. The van der Waals surface area contributed by atoms with Crippen molar-refractivity contribution in [3.8, 4) is 17.7 Å². The number of aromatic hydroxyl groups is 1. The quantitative estimate of drug-likeness (QED) is 0.604. The van der Waals surface area contributed by atoms with Gasteiger partial charge in [0.1, 0.15) is 17.4 Å². The number of halogens is 1. The van der Waals surface area contributed by atoms with E-state index in [0.717, 1.165) is 4.57 Å². The molecular weight excluding hydrogens is 404 g/mol. The number of nitrogens with zero attached hydrogens (tertiary/aromatic N) is 2. The maximum absolute atomic E-state index is 13.2. The Morgan fingerprint density at radius 2 is 1.97 bits per heavy atom. The number of pyridine rings is 1. The van der Waals surface area contributed by atoms with Crippen LogP contribution in [0.1, 0.15) is 39.5 Å². The first-order valence-corrected chi connectivity index (χ1v) is 9.64. The lowest BCUT2D eigenvalue weighted by molar-refractivity contribution is 0.103. The number of carbonyl (C=O) groups is 1. The fourth-order valence-electron chi connectivity index (χ4n) is 3.20. The van der Waals surface area contributed by atoms with E-state index in [1.165, 1.54) is 6.92 Å². The van der Waals surface area contributed by atoms with Gasteiger partial charge in [-0.3, -0.25) is 14.2 Å². The lowest BCUT2D eigenvalue weighted by Crippen LogP contribution is -2.27. The monoisotopic (exact) mass is 422 g/mol. The molecule has 0 bridgehead atoms. The van der Waals surface area contributed by atoms with Gasteiger partial charge in [0.25, 0.3) is 5.56 Å². The van der Waals surface area contributed by atoms with E-state index in [1.54, 1.807) is 48.5 Å². The Hall–Kier alpha value is -3.56. The molecule has 1 aromatic heterocycles. The molecule has 3 aromatic rings. The predicted octanol–water partition coefficient (Wildman–Crippen LogP) is 4.07. The minimum absolute atomic E-state index is 0.0848. The molecule has 0 spiro atoms. The molecule has 0 saturated carbocycles. The number of carbonyl (C=O) groups excluding carboxylic acids is 1. The van der Waals surface area contributed by atoms with Gasteiger partial charge in [-0.1, -0.05) is 41.9 Å². The van der Waals surface area contributed by atoms with E-state index in [1.807, 2.05) is 13.0 Å². The van der Waals surface area contributed by atoms with Crippen molar-refractivity contribution < 1.29 is 14.6 Å². The van der Waals surface area contributed by atoms with Crippen LogP contribution in [0.4, 0.5) is 0 Å². The molecule has 0 amide bonds. The molecule has 2 aromatic carbocycles. The summed E-state index contributed by atoms with van der Waals surface area (Å²) in [5.74, 6) is -0.524. The van der Waals surface area contributed by atoms with Gasteiger partial charge >= 0.3 is 0 Å². The van der Waals surface area contributed by atoms with Crippen molar-refractivity contribution in [1.29, 1.82) is 5.26 Å². The van der Waals surface area contributed by atoms with Crippen molar-refractivity contribution in [2.75, 3.05) is 6.61 Å². The Bertz CT molecular complexity index is 1220. The molecule has 6 nitrogen and oxygen atoms in total. The van der Waals surface area contributed by atoms with Crippen LogP contribution in [0.2, 0.25) is 5.02 Å². The van der Waals surface area contributed by atoms with Crippen LogP contribution in [0.25, 0.3) is 0 Å². The number of hydrogen-bond donors (Lipinski definition) is 1. The molecule has 3 rings (SSSR count). The molecule has 0 aliphatic heterocycles. The van der Waals surface area contributed by atoms with Crippen LogP contribution in [0, 0.1) is 18.3 Å². The van der Waals surface area contributed by atoms with Crippen molar-refractivity contribution in [2.24, 2.45) is 0 Å². The first-order valence-electron chi connectivity index (χ1n) is 9.26. The Morgan fingerprint density at radius 3 is 2.63 bits per heavy atom. The smallest absolute Gasteiger partial charge is 0.271 e. The number of hydrogen-bond acceptors (Lipinski definition) is 5. The van der Waals surface area contributed by atoms with Gasteiger partial charge in [-0.25, -0.2) is 0 Å². The van der Waals surface area contributed by atoms with Gasteiger partial charge in [-0.2, -0.15) is 5.26 Å². The fraction of sp³-hybridized carbons (Fsp3) is 0.174. The number of aromatic nitrogens is 1. The summed E-state index contributed by atoms with van der Waals surface area (Å²) < 4.78 is 6.43. The molecule has 0 aliphatic carbocycles. The second kappa shape index (κ2) is 8.85. The number of rotatable bonds is 6. The Kier molecular flexibility index (Phi) is 6.24. The second-order valence-corrected chi connectivity index (χ2v) is 6.99. The van der Waals surface area contributed by atoms with Crippen molar-refractivity contribution in [3.63, 3.8) is 0 Å². The molecule has 0 fully saturated rings. The first-order chi connectivity index (χ1) is 14.4. The normalized spacial score (nSPS) is 10.5. The molecular formula is C23H19ClN2O4. The summed E-state index contributed by atoms with van der Waals surface area (Å²) in [4.78, 5) is 26.0. The number of ether oxygens (including phenoxy) is 1. The van der Waals surface area contributed by atoms with E-state index in [9.17, 15) is 20.0 Å². The zero-order chi connectivity index (χ0) is 21.8. The van der Waals surface area contributed by atoms with Crippen LogP contribution >= 0.6 is 11.6 Å². The molecule has 0 atom stereocenters. The van der Waals surface area contributed by atoms with Crippen molar-refractivity contribution in [3.05, 3.63) is 91.7 Å². The van der Waals surface area contributed by atoms with E-state index >= 15 is 0 Å². The fourth-order valence-corrected chi connectivity index (χ4v) is 3.40. The van der Waals surface area contributed by atoms with Crippen LogP contribution in [0.3, 0.4) is 0 Å². The lowest BCUT2D eigenvalue weighted by atomic mass is 9.97. The molecule has 152 valence electrons. The minimum Gasteiger partial charge on any atom is -0.494 e. The van der Waals surface area contributed by atoms with Gasteiger partial charge < -0.3 is 9.84 Å². The molecule has 30 heavy (non-hydrogen) atoms. The Morgan fingerprint density at radius 1 is 1.23 bits per heavy atom. The van der Waals surface area contributed by atoms with E-state index in [0.29, 0.717) is 22.9 Å². The highest BCUT2D eigenvalue weighted by atomic mass is 35.5. The van der Waals surface area contributed by atoms with Crippen LogP contribution in [-0.4, -0.2) is 22.1 Å². The van der Waals surface area contributed by atoms with E-state index < -0.39 is 17.2 Å². The summed E-state index contributed by atoms with van der Waals surface area (Å²) in [5.41, 5.74) is -0.0301. The zero-order valence-corrected chi connectivity index (χ0v) is 17.2. The van der Waals surface area contributed by atoms with Gasteiger partial charge in [-0.05, 0) is 43.2 Å². The summed E-state index contributed by atoms with van der Waals surface area (Å²) in [7, 11) is 0. The maximum Gasteiger partial charge on any atom is 0.271 e. The summed E-state index contributed by atoms with van der Waals surface area (Å²) in [5, 5.41) is 20.8. The van der Waals surface area contributed by atoms with Crippen LogP contribution in [0.5, 0.6) is 11.6 Å². The molecule has 0 radical (unpaired) electrons. The highest BCUT2D eigenvalue weighted by Crippen LogP contribution is 2.27. The molecule has 7 heteroatoms. The zero-order valence-electron chi connectivity index (χ0n) is 16.5. The standard InChI is InChI=1S/C23H19ClN2O4/c1-3-30-17-9-6-8-15(11-17)21(27)20-14(2)18(12-25)22(28)26(23(20)29)13-16-7-4-5-10-19(16)24/h4-11,29H,3,13H2,1-2H3. The SMILES string of the molecule is CCOc1cccc(C(=O)c2c(C)c(C#N)c(=O)n(Cc3ccccc3Cl)c2O)c1. The summed E-state index contributed by atoms with van der Waals surface area (Å²) in [6.45, 7) is 3.65. The average molecular weight is 423 g/mol. The molecule has 1 heterocycles. The first kappa shape index (κ1) is 21.2. The van der Waals surface area contributed by atoms with Crippen molar-refractivity contribution >= 4 is 17.4 Å². The number of benzene rings is 2. The van der Waals surface area contributed by atoms with Crippen molar-refractivity contribution in [1.82, 2.24) is 4.57 Å². The van der Waals surface area contributed by atoms with Crippen LogP contribution < -0.4 is 10.3 Å². The topological polar surface area (TPSA) is 92.3 Å².